The highest BCUT2D eigenvalue weighted by atomic mass is 32.2. The third-order valence-corrected chi connectivity index (χ3v) is 6.49. The summed E-state index contributed by atoms with van der Waals surface area (Å²) in [6.07, 6.45) is 0. The molecule has 0 amide bonds. The van der Waals surface area contributed by atoms with Crippen LogP contribution in [0, 0.1) is 0 Å². The van der Waals surface area contributed by atoms with Crippen LogP contribution in [0.15, 0.2) is 4.52 Å². The summed E-state index contributed by atoms with van der Waals surface area (Å²) in [5.74, 6) is 2.60. The van der Waals surface area contributed by atoms with Gasteiger partial charge in [0.15, 0.2) is 5.82 Å². The summed E-state index contributed by atoms with van der Waals surface area (Å²) in [5, 5.41) is 8.93. The second kappa shape index (κ2) is 5.63. The maximum absolute atomic E-state index is 5.29. The highest BCUT2D eigenvalue weighted by Crippen LogP contribution is 2.43. The van der Waals surface area contributed by atoms with Crippen LogP contribution in [0.1, 0.15) is 43.8 Å². The lowest BCUT2D eigenvalue weighted by Gasteiger charge is -2.29. The molecular formula is C11H19N3OS2. The molecule has 1 aromatic heterocycles. The lowest BCUT2D eigenvalue weighted by molar-refractivity contribution is 0.343. The molecule has 1 fully saturated rings. The van der Waals surface area contributed by atoms with Crippen LogP contribution < -0.4 is 5.32 Å². The Morgan fingerprint density at radius 3 is 2.82 bits per heavy atom. The molecule has 2 rings (SSSR count). The SMILES string of the molecule is CNC(C)c1nc(C2CSC(C)C(C)S2)no1. The summed E-state index contributed by atoms with van der Waals surface area (Å²) >= 11 is 3.95. The highest BCUT2D eigenvalue weighted by Gasteiger charge is 2.30. The fourth-order valence-electron chi connectivity index (χ4n) is 1.60. The van der Waals surface area contributed by atoms with Crippen LogP contribution in [0.2, 0.25) is 0 Å². The molecule has 0 bridgehead atoms. The Morgan fingerprint density at radius 2 is 2.18 bits per heavy atom. The molecule has 4 atom stereocenters. The predicted molar refractivity (Wildman–Crippen MR) is 73.5 cm³/mol. The molecule has 1 N–H and O–H groups in total. The Labute approximate surface area is 111 Å². The van der Waals surface area contributed by atoms with Gasteiger partial charge in [0.05, 0.1) is 11.3 Å². The van der Waals surface area contributed by atoms with E-state index in [4.69, 9.17) is 4.52 Å². The molecule has 1 saturated heterocycles. The van der Waals surface area contributed by atoms with E-state index in [0.29, 0.717) is 21.6 Å². The largest absolute Gasteiger partial charge is 0.338 e. The molecular weight excluding hydrogens is 254 g/mol. The minimum Gasteiger partial charge on any atom is -0.338 e. The molecule has 0 spiro atoms. The van der Waals surface area contributed by atoms with Crippen LogP contribution in [-0.2, 0) is 0 Å². The van der Waals surface area contributed by atoms with Gasteiger partial charge < -0.3 is 9.84 Å². The van der Waals surface area contributed by atoms with Crippen molar-refractivity contribution < 1.29 is 4.52 Å². The topological polar surface area (TPSA) is 51.0 Å². The lowest BCUT2D eigenvalue weighted by atomic mass is 10.3. The van der Waals surface area contributed by atoms with Crippen molar-refractivity contribution in [2.75, 3.05) is 12.8 Å². The molecule has 0 aliphatic carbocycles. The van der Waals surface area contributed by atoms with Gasteiger partial charge in [-0.15, -0.1) is 11.8 Å². The Morgan fingerprint density at radius 1 is 1.41 bits per heavy atom. The first-order valence-corrected chi connectivity index (χ1v) is 7.88. The first-order valence-electron chi connectivity index (χ1n) is 5.89. The predicted octanol–water partition coefficient (Wildman–Crippen LogP) is 2.65. The van der Waals surface area contributed by atoms with Gasteiger partial charge in [-0.1, -0.05) is 19.0 Å². The van der Waals surface area contributed by atoms with Gasteiger partial charge in [0.25, 0.3) is 0 Å². The minimum absolute atomic E-state index is 0.119. The third-order valence-electron chi connectivity index (χ3n) is 3.10. The zero-order valence-corrected chi connectivity index (χ0v) is 12.3. The van der Waals surface area contributed by atoms with Gasteiger partial charge in [-0.05, 0) is 14.0 Å². The van der Waals surface area contributed by atoms with E-state index in [1.165, 1.54) is 0 Å². The fourth-order valence-corrected chi connectivity index (χ4v) is 4.43. The second-order valence-electron chi connectivity index (χ2n) is 4.37. The van der Waals surface area contributed by atoms with E-state index in [1.54, 1.807) is 0 Å². The van der Waals surface area contributed by atoms with Crippen molar-refractivity contribution in [1.29, 1.82) is 0 Å². The summed E-state index contributed by atoms with van der Waals surface area (Å²) in [5.41, 5.74) is 0. The maximum atomic E-state index is 5.29. The van der Waals surface area contributed by atoms with Crippen molar-refractivity contribution in [3.8, 4) is 0 Å². The van der Waals surface area contributed by atoms with E-state index in [-0.39, 0.29) is 6.04 Å². The molecule has 0 saturated carbocycles. The number of nitrogens with one attached hydrogen (secondary N) is 1. The molecule has 96 valence electrons. The molecule has 4 unspecified atom stereocenters. The molecule has 0 radical (unpaired) electrons. The number of hydrogen-bond donors (Lipinski definition) is 1. The number of thioether (sulfide) groups is 2. The van der Waals surface area contributed by atoms with Gasteiger partial charge in [-0.3, -0.25) is 0 Å². The number of nitrogens with zero attached hydrogens (tertiary/aromatic N) is 2. The van der Waals surface area contributed by atoms with E-state index in [2.05, 4.69) is 29.3 Å². The van der Waals surface area contributed by atoms with Gasteiger partial charge in [-0.25, -0.2) is 0 Å². The fraction of sp³-hybridized carbons (Fsp3) is 0.818. The smallest absolute Gasteiger partial charge is 0.243 e. The van der Waals surface area contributed by atoms with E-state index < -0.39 is 0 Å². The van der Waals surface area contributed by atoms with Gasteiger partial charge in [0, 0.05) is 16.3 Å². The Bertz CT molecular complexity index is 371. The Kier molecular flexibility index (Phi) is 4.38. The standard InChI is InChI=1S/C11H19N3OS2/c1-6(12-4)11-13-10(14-15-11)9-5-16-7(2)8(3)17-9/h6-9,12H,5H2,1-4H3. The molecule has 1 aliphatic rings. The lowest BCUT2D eigenvalue weighted by Crippen LogP contribution is -2.22. The summed E-state index contributed by atoms with van der Waals surface area (Å²) in [6, 6.07) is 0.119. The van der Waals surface area contributed by atoms with Crippen LogP contribution in [-0.4, -0.2) is 33.4 Å². The minimum atomic E-state index is 0.119. The zero-order chi connectivity index (χ0) is 12.4. The maximum Gasteiger partial charge on any atom is 0.243 e. The van der Waals surface area contributed by atoms with Crippen molar-refractivity contribution in [3.63, 3.8) is 0 Å². The van der Waals surface area contributed by atoms with Crippen molar-refractivity contribution in [2.45, 2.75) is 42.6 Å². The molecule has 0 aromatic carbocycles. The van der Waals surface area contributed by atoms with Crippen molar-refractivity contribution in [2.24, 2.45) is 0 Å². The average Bonchev–Trinajstić information content (AvgIpc) is 2.81. The van der Waals surface area contributed by atoms with E-state index >= 15 is 0 Å². The molecule has 1 aromatic rings. The summed E-state index contributed by atoms with van der Waals surface area (Å²) in [7, 11) is 1.89. The number of hydrogen-bond acceptors (Lipinski definition) is 6. The highest BCUT2D eigenvalue weighted by molar-refractivity contribution is 8.07. The zero-order valence-electron chi connectivity index (χ0n) is 10.6. The van der Waals surface area contributed by atoms with Crippen molar-refractivity contribution in [1.82, 2.24) is 15.5 Å². The monoisotopic (exact) mass is 273 g/mol. The van der Waals surface area contributed by atoms with Crippen LogP contribution >= 0.6 is 23.5 Å². The normalized spacial score (nSPS) is 31.4. The molecule has 17 heavy (non-hydrogen) atoms. The van der Waals surface area contributed by atoms with E-state index in [0.717, 1.165) is 11.6 Å². The average molecular weight is 273 g/mol. The summed E-state index contributed by atoms with van der Waals surface area (Å²) in [6.45, 7) is 6.57. The second-order valence-corrected chi connectivity index (χ2v) is 7.36. The van der Waals surface area contributed by atoms with Crippen LogP contribution in [0.4, 0.5) is 0 Å². The van der Waals surface area contributed by atoms with Crippen molar-refractivity contribution in [3.05, 3.63) is 11.7 Å². The first-order chi connectivity index (χ1) is 8.11. The van der Waals surface area contributed by atoms with E-state index in [9.17, 15) is 0 Å². The molecule has 1 aliphatic heterocycles. The Balaban J connectivity index is 2.05. The van der Waals surface area contributed by atoms with Gasteiger partial charge in [0.1, 0.15) is 0 Å². The number of aromatic nitrogens is 2. The third kappa shape index (κ3) is 2.98. The number of rotatable bonds is 3. The van der Waals surface area contributed by atoms with Gasteiger partial charge in [-0.2, -0.15) is 16.7 Å². The van der Waals surface area contributed by atoms with Crippen LogP contribution in [0.5, 0.6) is 0 Å². The summed E-state index contributed by atoms with van der Waals surface area (Å²) < 4.78 is 5.29. The molecule has 4 nitrogen and oxygen atoms in total. The first kappa shape index (κ1) is 13.2. The van der Waals surface area contributed by atoms with Gasteiger partial charge in [0.2, 0.25) is 5.89 Å². The van der Waals surface area contributed by atoms with E-state index in [1.807, 2.05) is 37.5 Å². The van der Waals surface area contributed by atoms with Crippen LogP contribution in [0.3, 0.4) is 0 Å². The summed E-state index contributed by atoms with van der Waals surface area (Å²) in [4.78, 5) is 4.49. The van der Waals surface area contributed by atoms with Crippen LogP contribution in [0.25, 0.3) is 0 Å². The quantitative estimate of drug-likeness (QED) is 0.913. The van der Waals surface area contributed by atoms with Gasteiger partial charge >= 0.3 is 0 Å². The molecule has 6 heteroatoms. The molecule has 2 heterocycles. The Hall–Kier alpha value is -0.200. The van der Waals surface area contributed by atoms with Crippen molar-refractivity contribution >= 4 is 23.5 Å².